The van der Waals surface area contributed by atoms with Crippen LogP contribution in [0.4, 0.5) is 13.2 Å². The van der Waals surface area contributed by atoms with E-state index in [4.69, 9.17) is 0 Å². The van der Waals surface area contributed by atoms with Crippen LogP contribution in [0.3, 0.4) is 0 Å². The third-order valence-electron chi connectivity index (χ3n) is 7.43. The Kier molecular flexibility index (Phi) is 6.96. The van der Waals surface area contributed by atoms with Crippen molar-refractivity contribution in [3.05, 3.63) is 149 Å². The molecule has 40 heavy (non-hydrogen) atoms. The van der Waals surface area contributed by atoms with E-state index in [9.17, 15) is 13.2 Å². The van der Waals surface area contributed by atoms with Crippen LogP contribution in [-0.4, -0.2) is 0 Å². The van der Waals surface area contributed by atoms with Crippen molar-refractivity contribution in [3.8, 4) is 33.4 Å². The van der Waals surface area contributed by atoms with Crippen molar-refractivity contribution in [1.29, 1.82) is 0 Å². The predicted octanol–water partition coefficient (Wildman–Crippen LogP) is 9.14. The molecule has 6 rings (SSSR count). The van der Waals surface area contributed by atoms with Gasteiger partial charge in [0.15, 0.2) is 0 Å². The second-order valence-electron chi connectivity index (χ2n) is 10.0. The smallest absolute Gasteiger partial charge is 0.166 e. The fourth-order valence-corrected chi connectivity index (χ4v) is 5.23. The van der Waals surface area contributed by atoms with Gasteiger partial charge in [0, 0.05) is 0 Å². The number of fused-ring (bicyclic) bond motifs is 1. The maximum absolute atomic E-state index is 13.1. The van der Waals surface area contributed by atoms with E-state index in [1.54, 1.807) is 6.07 Å². The van der Waals surface area contributed by atoms with E-state index in [0.717, 1.165) is 46.7 Å². The van der Waals surface area contributed by atoms with Crippen molar-refractivity contribution >= 4 is 17.7 Å². The van der Waals surface area contributed by atoms with Gasteiger partial charge in [-0.2, -0.15) is 13.2 Å². The van der Waals surface area contributed by atoms with Gasteiger partial charge in [0.2, 0.25) is 0 Å². The summed E-state index contributed by atoms with van der Waals surface area (Å²) in [5, 5.41) is 2.54. The molecule has 1 aliphatic carbocycles. The first kappa shape index (κ1) is 25.6. The topological polar surface area (TPSA) is 0 Å². The Balaban J connectivity index is 1.23. The van der Waals surface area contributed by atoms with Crippen LogP contribution in [0.15, 0.2) is 127 Å². The van der Waals surface area contributed by atoms with Crippen molar-refractivity contribution in [2.45, 2.75) is 19.0 Å². The average Bonchev–Trinajstić information content (AvgIpc) is 2.98. The zero-order valence-electron chi connectivity index (χ0n) is 21.8. The Labute approximate surface area is 232 Å². The van der Waals surface area contributed by atoms with Crippen LogP contribution in [0.1, 0.15) is 24.0 Å². The van der Waals surface area contributed by atoms with E-state index in [-0.39, 0.29) is 0 Å². The lowest BCUT2D eigenvalue weighted by molar-refractivity contribution is -0.137. The highest BCUT2D eigenvalue weighted by atomic mass is 19.4. The summed E-state index contributed by atoms with van der Waals surface area (Å²) in [4.78, 5) is 0. The summed E-state index contributed by atoms with van der Waals surface area (Å²) in [6.07, 6.45) is 4.40. The molecule has 5 aromatic rings. The summed E-state index contributed by atoms with van der Waals surface area (Å²) >= 11 is 0. The molecule has 0 fully saturated rings. The first-order valence-corrected chi connectivity index (χ1v) is 13.4. The van der Waals surface area contributed by atoms with Gasteiger partial charge in [-0.25, -0.2) is 0 Å². The van der Waals surface area contributed by atoms with E-state index in [2.05, 4.69) is 85.0 Å². The summed E-state index contributed by atoms with van der Waals surface area (Å²) in [6, 6.07) is 38.7. The van der Waals surface area contributed by atoms with Gasteiger partial charge in [0.05, 0.1) is 5.56 Å². The number of hydrogen-bond acceptors (Lipinski definition) is 0. The minimum Gasteiger partial charge on any atom is -0.166 e. The summed E-state index contributed by atoms with van der Waals surface area (Å²) in [5.41, 5.74) is 7.55. The van der Waals surface area contributed by atoms with Crippen molar-refractivity contribution in [2.24, 2.45) is 0 Å². The summed E-state index contributed by atoms with van der Waals surface area (Å²) in [6.45, 7) is 0. The highest BCUT2D eigenvalue weighted by molar-refractivity contribution is 5.78. The molecule has 0 N–H and O–H groups in total. The second-order valence-corrected chi connectivity index (χ2v) is 10.0. The normalized spacial score (nSPS) is 16.2. The van der Waals surface area contributed by atoms with Gasteiger partial charge < -0.3 is 0 Å². The van der Waals surface area contributed by atoms with Crippen LogP contribution in [0, 0.1) is 0 Å². The largest absolute Gasteiger partial charge is 0.416 e. The number of alkyl halides is 3. The quantitative estimate of drug-likeness (QED) is 0.218. The van der Waals surface area contributed by atoms with Gasteiger partial charge in [0.1, 0.15) is 0 Å². The molecule has 0 amide bonds. The highest BCUT2D eigenvalue weighted by Gasteiger charge is 2.30. The van der Waals surface area contributed by atoms with Crippen LogP contribution in [0.5, 0.6) is 0 Å². The molecule has 5 aromatic carbocycles. The summed E-state index contributed by atoms with van der Waals surface area (Å²) < 4.78 is 39.4. The molecule has 1 aliphatic rings. The van der Waals surface area contributed by atoms with Gasteiger partial charge in [-0.15, -0.1) is 0 Å². The van der Waals surface area contributed by atoms with Crippen molar-refractivity contribution < 1.29 is 13.2 Å². The molecule has 0 aliphatic heterocycles. The van der Waals surface area contributed by atoms with E-state index >= 15 is 0 Å². The SMILES string of the molecule is FC(F)(F)c1cccc(-c2ccc(-c3cccc(-c4ccc(/C5=C/C=c6/cccc/c6=C/CC5)cc4)c3)cc2)c1. The summed E-state index contributed by atoms with van der Waals surface area (Å²) in [5.74, 6) is 0. The molecule has 0 nitrogen and oxygen atoms in total. The molecule has 0 spiro atoms. The van der Waals surface area contributed by atoms with Crippen molar-refractivity contribution in [3.63, 3.8) is 0 Å². The number of benzene rings is 5. The van der Waals surface area contributed by atoms with Crippen LogP contribution in [0.25, 0.3) is 51.1 Å². The molecule has 0 unspecified atom stereocenters. The number of halogens is 3. The first-order chi connectivity index (χ1) is 19.4. The standard InChI is InChI=1S/C37H27F3/c38-37(39,40)36-13-5-12-35(25-36)32-22-20-31(21-23-32)34-11-4-10-33(24-34)30-18-16-29(17-19-30)28-9-3-8-26-6-1-2-7-27(26)14-15-28/h1-2,4-8,10-25H,3,9H2/b26-8-,27-14-,28-15+. The molecule has 0 radical (unpaired) electrons. The van der Waals surface area contributed by atoms with Gasteiger partial charge in [0.25, 0.3) is 0 Å². The first-order valence-electron chi connectivity index (χ1n) is 13.4. The zero-order valence-corrected chi connectivity index (χ0v) is 21.8. The maximum Gasteiger partial charge on any atom is 0.416 e. The third kappa shape index (κ3) is 5.55. The predicted molar refractivity (Wildman–Crippen MR) is 160 cm³/mol. The van der Waals surface area contributed by atoms with Gasteiger partial charge >= 0.3 is 6.18 Å². The maximum atomic E-state index is 13.1. The lowest BCUT2D eigenvalue weighted by Gasteiger charge is -2.11. The van der Waals surface area contributed by atoms with Crippen LogP contribution < -0.4 is 10.4 Å². The third-order valence-corrected chi connectivity index (χ3v) is 7.43. The number of allylic oxidation sites excluding steroid dienone is 2. The monoisotopic (exact) mass is 528 g/mol. The molecule has 3 heteroatoms. The summed E-state index contributed by atoms with van der Waals surface area (Å²) in [7, 11) is 0. The Morgan fingerprint density at radius 2 is 0.975 bits per heavy atom. The van der Waals surface area contributed by atoms with Crippen molar-refractivity contribution in [1.82, 2.24) is 0 Å². The Morgan fingerprint density at radius 1 is 0.450 bits per heavy atom. The number of rotatable bonds is 4. The minimum absolute atomic E-state index is 0.550. The lowest BCUT2D eigenvalue weighted by Crippen LogP contribution is -2.23. The van der Waals surface area contributed by atoms with Crippen LogP contribution in [0.2, 0.25) is 0 Å². The Morgan fingerprint density at radius 3 is 1.57 bits per heavy atom. The molecular weight excluding hydrogens is 501 g/mol. The van der Waals surface area contributed by atoms with Gasteiger partial charge in [-0.3, -0.25) is 0 Å². The van der Waals surface area contributed by atoms with Gasteiger partial charge in [-0.05, 0) is 86.0 Å². The molecule has 0 bridgehead atoms. The van der Waals surface area contributed by atoms with Crippen LogP contribution >= 0.6 is 0 Å². The zero-order chi connectivity index (χ0) is 27.5. The van der Waals surface area contributed by atoms with E-state index in [1.807, 2.05) is 30.3 Å². The van der Waals surface area contributed by atoms with Gasteiger partial charge in [-0.1, -0.05) is 121 Å². The molecule has 0 atom stereocenters. The highest BCUT2D eigenvalue weighted by Crippen LogP contribution is 2.33. The van der Waals surface area contributed by atoms with Crippen molar-refractivity contribution in [2.75, 3.05) is 0 Å². The fraction of sp³-hybridized carbons (Fsp3) is 0.0811. The second kappa shape index (κ2) is 10.9. The minimum atomic E-state index is -4.36. The van der Waals surface area contributed by atoms with Crippen LogP contribution in [-0.2, 0) is 6.18 Å². The fourth-order valence-electron chi connectivity index (χ4n) is 5.23. The molecule has 0 saturated carbocycles. The Bertz CT molecular complexity index is 1810. The molecule has 0 heterocycles. The lowest BCUT2D eigenvalue weighted by atomic mass is 9.94. The molecule has 0 aromatic heterocycles. The number of hydrogen-bond donors (Lipinski definition) is 0. The van der Waals surface area contributed by atoms with E-state index in [1.165, 1.54) is 33.7 Å². The molecule has 0 saturated heterocycles. The Hall–Kier alpha value is -4.63. The average molecular weight is 529 g/mol. The van der Waals surface area contributed by atoms with E-state index in [0.29, 0.717) is 5.56 Å². The molecular formula is C37H27F3. The van der Waals surface area contributed by atoms with E-state index < -0.39 is 11.7 Å². The molecule has 196 valence electrons.